The Balaban J connectivity index is 1.85. The molecule has 0 aliphatic carbocycles. The molecule has 0 bridgehead atoms. The molecule has 1 aliphatic rings. The SMILES string of the molecule is CN1CCCC1Cc1cc2ncc(N)cn2n1. The lowest BCUT2D eigenvalue weighted by molar-refractivity contribution is 0.307. The van der Waals surface area contributed by atoms with Gasteiger partial charge in [-0.15, -0.1) is 0 Å². The monoisotopic (exact) mass is 231 g/mol. The van der Waals surface area contributed by atoms with Gasteiger partial charge in [0.2, 0.25) is 0 Å². The largest absolute Gasteiger partial charge is 0.396 e. The quantitative estimate of drug-likeness (QED) is 0.836. The lowest BCUT2D eigenvalue weighted by Gasteiger charge is -2.17. The summed E-state index contributed by atoms with van der Waals surface area (Å²) in [6.07, 6.45) is 7.03. The van der Waals surface area contributed by atoms with E-state index in [-0.39, 0.29) is 0 Å². The van der Waals surface area contributed by atoms with Crippen molar-refractivity contribution in [2.24, 2.45) is 0 Å². The Kier molecular flexibility index (Phi) is 2.48. The number of nitrogens with two attached hydrogens (primary N) is 1. The predicted octanol–water partition coefficient (Wildman–Crippen LogP) is 0.948. The summed E-state index contributed by atoms with van der Waals surface area (Å²) in [5.74, 6) is 0. The summed E-state index contributed by atoms with van der Waals surface area (Å²) in [5.41, 5.74) is 8.30. The van der Waals surface area contributed by atoms with Gasteiger partial charge in [0.05, 0.1) is 23.8 Å². The summed E-state index contributed by atoms with van der Waals surface area (Å²) in [4.78, 5) is 6.67. The van der Waals surface area contributed by atoms with Crippen molar-refractivity contribution in [1.29, 1.82) is 0 Å². The van der Waals surface area contributed by atoms with Gasteiger partial charge in [-0.1, -0.05) is 0 Å². The van der Waals surface area contributed by atoms with Crippen molar-refractivity contribution in [2.45, 2.75) is 25.3 Å². The number of likely N-dealkylation sites (tertiary alicyclic amines) is 1. The van der Waals surface area contributed by atoms with E-state index >= 15 is 0 Å². The second kappa shape index (κ2) is 4.00. The third-order valence-electron chi connectivity index (χ3n) is 3.50. The molecular weight excluding hydrogens is 214 g/mol. The molecule has 1 fully saturated rings. The molecule has 2 aromatic heterocycles. The molecule has 90 valence electrons. The lowest BCUT2D eigenvalue weighted by atomic mass is 10.1. The van der Waals surface area contributed by atoms with Gasteiger partial charge in [0.1, 0.15) is 0 Å². The smallest absolute Gasteiger partial charge is 0.155 e. The summed E-state index contributed by atoms with van der Waals surface area (Å²) in [6.45, 7) is 1.20. The fraction of sp³-hybridized carbons (Fsp3) is 0.500. The standard InChI is InChI=1S/C12H17N5/c1-16-4-2-3-11(16)5-10-6-12-14-7-9(13)8-17(12)15-10/h6-8,11H,2-5,13H2,1H3. The third-order valence-corrected chi connectivity index (χ3v) is 3.50. The Labute approximate surface area is 100 Å². The molecule has 3 heterocycles. The van der Waals surface area contributed by atoms with Crippen molar-refractivity contribution < 1.29 is 0 Å². The van der Waals surface area contributed by atoms with Gasteiger partial charge in [0.15, 0.2) is 5.65 Å². The van der Waals surface area contributed by atoms with Gasteiger partial charge < -0.3 is 10.6 Å². The minimum atomic E-state index is 0.622. The predicted molar refractivity (Wildman–Crippen MR) is 66.8 cm³/mol. The Bertz CT molecular complexity index is 533. The highest BCUT2D eigenvalue weighted by Gasteiger charge is 2.22. The summed E-state index contributed by atoms with van der Waals surface area (Å²) < 4.78 is 1.76. The van der Waals surface area contributed by atoms with E-state index in [0.717, 1.165) is 17.8 Å². The van der Waals surface area contributed by atoms with Gasteiger partial charge >= 0.3 is 0 Å². The van der Waals surface area contributed by atoms with Gasteiger partial charge in [-0.3, -0.25) is 0 Å². The van der Waals surface area contributed by atoms with E-state index in [1.165, 1.54) is 19.4 Å². The molecule has 0 amide bonds. The molecule has 5 heteroatoms. The van der Waals surface area contributed by atoms with E-state index in [1.54, 1.807) is 10.7 Å². The first kappa shape index (κ1) is 10.5. The van der Waals surface area contributed by atoms with Crippen molar-refractivity contribution in [2.75, 3.05) is 19.3 Å². The number of rotatable bonds is 2. The first-order valence-electron chi connectivity index (χ1n) is 6.02. The normalized spacial score (nSPS) is 21.4. The van der Waals surface area contributed by atoms with Gasteiger partial charge in [-0.25, -0.2) is 9.50 Å². The molecule has 2 aromatic rings. The van der Waals surface area contributed by atoms with Crippen LogP contribution in [0.2, 0.25) is 0 Å². The molecule has 0 saturated carbocycles. The topological polar surface area (TPSA) is 59.5 Å². The van der Waals surface area contributed by atoms with Crippen LogP contribution >= 0.6 is 0 Å². The van der Waals surface area contributed by atoms with Crippen LogP contribution in [0.4, 0.5) is 5.69 Å². The molecule has 3 rings (SSSR count). The minimum Gasteiger partial charge on any atom is -0.396 e. The Morgan fingerprint density at radius 1 is 1.53 bits per heavy atom. The van der Waals surface area contributed by atoms with Crippen molar-refractivity contribution in [3.8, 4) is 0 Å². The van der Waals surface area contributed by atoms with E-state index < -0.39 is 0 Å². The number of anilines is 1. The Morgan fingerprint density at radius 2 is 2.41 bits per heavy atom. The van der Waals surface area contributed by atoms with Crippen LogP contribution in [0.3, 0.4) is 0 Å². The summed E-state index contributed by atoms with van der Waals surface area (Å²) in [5, 5.41) is 4.52. The van der Waals surface area contributed by atoms with Gasteiger partial charge in [0, 0.05) is 18.5 Å². The van der Waals surface area contributed by atoms with Gasteiger partial charge in [0.25, 0.3) is 0 Å². The minimum absolute atomic E-state index is 0.622. The summed E-state index contributed by atoms with van der Waals surface area (Å²) in [6, 6.07) is 2.67. The second-order valence-corrected chi connectivity index (χ2v) is 4.81. The van der Waals surface area contributed by atoms with Gasteiger partial charge in [-0.05, 0) is 26.4 Å². The molecule has 1 unspecified atom stereocenters. The van der Waals surface area contributed by atoms with E-state index in [0.29, 0.717) is 11.7 Å². The Hall–Kier alpha value is -1.62. The maximum Gasteiger partial charge on any atom is 0.155 e. The first-order chi connectivity index (χ1) is 8.22. The number of nitrogens with zero attached hydrogens (tertiary/aromatic N) is 4. The maximum atomic E-state index is 5.69. The van der Waals surface area contributed by atoms with Crippen molar-refractivity contribution in [3.63, 3.8) is 0 Å². The van der Waals surface area contributed by atoms with E-state index in [1.807, 2.05) is 12.3 Å². The zero-order valence-electron chi connectivity index (χ0n) is 10.0. The highest BCUT2D eigenvalue weighted by Crippen LogP contribution is 2.19. The zero-order valence-corrected chi connectivity index (χ0v) is 10.0. The third kappa shape index (κ3) is 1.98. The molecule has 0 aromatic carbocycles. The van der Waals surface area contributed by atoms with Crippen LogP contribution in [-0.2, 0) is 6.42 Å². The summed E-state index contributed by atoms with van der Waals surface area (Å²) in [7, 11) is 2.18. The van der Waals surface area contributed by atoms with Crippen LogP contribution in [-0.4, -0.2) is 39.1 Å². The van der Waals surface area contributed by atoms with Crippen molar-refractivity contribution >= 4 is 11.3 Å². The van der Waals surface area contributed by atoms with E-state index in [4.69, 9.17) is 5.73 Å². The van der Waals surface area contributed by atoms with Crippen LogP contribution in [0.25, 0.3) is 5.65 Å². The van der Waals surface area contributed by atoms with Crippen LogP contribution < -0.4 is 5.73 Å². The fourth-order valence-corrected chi connectivity index (χ4v) is 2.52. The zero-order chi connectivity index (χ0) is 11.8. The molecule has 1 atom stereocenters. The first-order valence-corrected chi connectivity index (χ1v) is 6.02. The highest BCUT2D eigenvalue weighted by atomic mass is 15.3. The van der Waals surface area contributed by atoms with Gasteiger partial charge in [-0.2, -0.15) is 5.10 Å². The number of nitrogen functional groups attached to an aromatic ring is 1. The van der Waals surface area contributed by atoms with Crippen molar-refractivity contribution in [3.05, 3.63) is 24.2 Å². The fourth-order valence-electron chi connectivity index (χ4n) is 2.52. The summed E-state index contributed by atoms with van der Waals surface area (Å²) >= 11 is 0. The average Bonchev–Trinajstić information content (AvgIpc) is 2.85. The molecular formula is C12H17N5. The second-order valence-electron chi connectivity index (χ2n) is 4.81. The Morgan fingerprint density at radius 3 is 3.18 bits per heavy atom. The van der Waals surface area contributed by atoms with E-state index in [9.17, 15) is 0 Å². The molecule has 0 spiro atoms. The molecule has 1 saturated heterocycles. The highest BCUT2D eigenvalue weighted by molar-refractivity contribution is 5.44. The number of likely N-dealkylation sites (N-methyl/N-ethyl adjacent to an activating group) is 1. The lowest BCUT2D eigenvalue weighted by Crippen LogP contribution is -2.26. The molecule has 0 radical (unpaired) electrons. The molecule has 1 aliphatic heterocycles. The molecule has 17 heavy (non-hydrogen) atoms. The van der Waals surface area contributed by atoms with Crippen LogP contribution in [0.1, 0.15) is 18.5 Å². The number of hydrogen-bond donors (Lipinski definition) is 1. The van der Waals surface area contributed by atoms with Crippen LogP contribution in [0.5, 0.6) is 0 Å². The number of hydrogen-bond acceptors (Lipinski definition) is 4. The van der Waals surface area contributed by atoms with Crippen LogP contribution in [0.15, 0.2) is 18.5 Å². The molecule has 5 nitrogen and oxygen atoms in total. The maximum absolute atomic E-state index is 5.69. The average molecular weight is 231 g/mol. The van der Waals surface area contributed by atoms with E-state index in [2.05, 4.69) is 22.0 Å². The molecule has 2 N–H and O–H groups in total. The number of fused-ring (bicyclic) bond motifs is 1. The number of aromatic nitrogens is 3. The van der Waals surface area contributed by atoms with Crippen molar-refractivity contribution in [1.82, 2.24) is 19.5 Å². The van der Waals surface area contributed by atoms with Crippen LogP contribution in [0, 0.1) is 0 Å².